The van der Waals surface area contributed by atoms with Crippen LogP contribution in [0.5, 0.6) is 0 Å². The minimum absolute atomic E-state index is 0.157. The number of nitrogens with zero attached hydrogens (tertiary/aromatic N) is 4. The van der Waals surface area contributed by atoms with Crippen LogP contribution in [0.25, 0.3) is 0 Å². The average Bonchev–Trinajstić information content (AvgIpc) is 2.61. The highest BCUT2D eigenvalue weighted by molar-refractivity contribution is 7.90. The summed E-state index contributed by atoms with van der Waals surface area (Å²) in [6.45, 7) is 2.36. The smallest absolute Gasteiger partial charge is 0.254 e. The maximum Gasteiger partial charge on any atom is 0.254 e. The zero-order valence-electron chi connectivity index (χ0n) is 13.3. The van der Waals surface area contributed by atoms with Crippen LogP contribution in [0.1, 0.15) is 10.4 Å². The molecule has 3 rings (SSSR count). The maximum atomic E-state index is 12.6. The number of carbonyl (C=O) groups excluding carboxylic acids is 1. The van der Waals surface area contributed by atoms with Gasteiger partial charge in [0.15, 0.2) is 9.84 Å². The van der Waals surface area contributed by atoms with Gasteiger partial charge in [-0.25, -0.2) is 18.4 Å². The van der Waals surface area contributed by atoms with Crippen molar-refractivity contribution in [3.8, 4) is 0 Å². The SMILES string of the molecule is CS(=O)(=O)c1cccc(C(=O)N2CCN(c3ncccn3)CC2)c1. The number of aromatic nitrogens is 2. The van der Waals surface area contributed by atoms with Gasteiger partial charge in [0, 0.05) is 50.4 Å². The van der Waals surface area contributed by atoms with Gasteiger partial charge < -0.3 is 9.80 Å². The van der Waals surface area contributed by atoms with E-state index in [1.54, 1.807) is 35.5 Å². The van der Waals surface area contributed by atoms with Crippen LogP contribution in [0, 0.1) is 0 Å². The Morgan fingerprint density at radius 2 is 1.71 bits per heavy atom. The van der Waals surface area contributed by atoms with Crippen LogP contribution in [-0.4, -0.2) is 61.6 Å². The molecule has 0 radical (unpaired) electrons. The highest BCUT2D eigenvalue weighted by atomic mass is 32.2. The van der Waals surface area contributed by atoms with Crippen molar-refractivity contribution >= 4 is 21.7 Å². The number of sulfone groups is 1. The molecule has 0 bridgehead atoms. The average molecular weight is 346 g/mol. The topological polar surface area (TPSA) is 83.5 Å². The maximum absolute atomic E-state index is 12.6. The van der Waals surface area contributed by atoms with E-state index in [0.717, 1.165) is 6.26 Å². The summed E-state index contributed by atoms with van der Waals surface area (Å²) in [5, 5.41) is 0. The molecule has 1 aromatic carbocycles. The first-order chi connectivity index (χ1) is 11.4. The number of hydrogen-bond donors (Lipinski definition) is 0. The van der Waals surface area contributed by atoms with Gasteiger partial charge in [-0.15, -0.1) is 0 Å². The van der Waals surface area contributed by atoms with E-state index in [4.69, 9.17) is 0 Å². The third-order valence-electron chi connectivity index (χ3n) is 3.91. The lowest BCUT2D eigenvalue weighted by Gasteiger charge is -2.34. The van der Waals surface area contributed by atoms with Crippen molar-refractivity contribution in [1.29, 1.82) is 0 Å². The number of anilines is 1. The third kappa shape index (κ3) is 3.53. The Morgan fingerprint density at radius 1 is 1.04 bits per heavy atom. The Kier molecular flexibility index (Phi) is 4.48. The van der Waals surface area contributed by atoms with E-state index in [2.05, 4.69) is 9.97 Å². The molecule has 0 N–H and O–H groups in total. The van der Waals surface area contributed by atoms with E-state index in [1.807, 2.05) is 4.90 Å². The Bertz CT molecular complexity index is 831. The predicted octanol–water partition coefficient (Wildman–Crippen LogP) is 0.842. The van der Waals surface area contributed by atoms with Gasteiger partial charge in [0.05, 0.1) is 4.90 Å². The van der Waals surface area contributed by atoms with Crippen molar-refractivity contribution < 1.29 is 13.2 Å². The van der Waals surface area contributed by atoms with Gasteiger partial charge >= 0.3 is 0 Å². The monoisotopic (exact) mass is 346 g/mol. The van der Waals surface area contributed by atoms with Crippen LogP contribution in [0.4, 0.5) is 5.95 Å². The van der Waals surface area contributed by atoms with E-state index in [9.17, 15) is 13.2 Å². The van der Waals surface area contributed by atoms with E-state index >= 15 is 0 Å². The second-order valence-electron chi connectivity index (χ2n) is 5.63. The molecule has 1 aromatic heterocycles. The van der Waals surface area contributed by atoms with Crippen molar-refractivity contribution in [2.45, 2.75) is 4.90 Å². The minimum Gasteiger partial charge on any atom is -0.337 e. The van der Waals surface area contributed by atoms with Gasteiger partial charge in [-0.05, 0) is 24.3 Å². The Labute approximate surface area is 140 Å². The van der Waals surface area contributed by atoms with Crippen LogP contribution in [0.2, 0.25) is 0 Å². The van der Waals surface area contributed by atoms with E-state index in [-0.39, 0.29) is 10.8 Å². The Balaban J connectivity index is 1.70. The predicted molar refractivity (Wildman–Crippen MR) is 89.7 cm³/mol. The summed E-state index contributed by atoms with van der Waals surface area (Å²) >= 11 is 0. The van der Waals surface area contributed by atoms with Crippen LogP contribution in [0.3, 0.4) is 0 Å². The summed E-state index contributed by atoms with van der Waals surface area (Å²) in [6.07, 6.45) is 4.52. The lowest BCUT2D eigenvalue weighted by atomic mass is 10.2. The lowest BCUT2D eigenvalue weighted by Crippen LogP contribution is -2.49. The molecule has 1 aliphatic rings. The van der Waals surface area contributed by atoms with E-state index in [1.165, 1.54) is 12.1 Å². The first-order valence-electron chi connectivity index (χ1n) is 7.56. The number of hydrogen-bond acceptors (Lipinski definition) is 6. The second kappa shape index (κ2) is 6.56. The molecule has 0 atom stereocenters. The normalized spacial score (nSPS) is 15.4. The van der Waals surface area contributed by atoms with Gasteiger partial charge in [0.2, 0.25) is 5.95 Å². The summed E-state index contributed by atoms with van der Waals surface area (Å²) in [5.41, 5.74) is 0.391. The molecule has 1 amide bonds. The Hall–Kier alpha value is -2.48. The molecule has 1 saturated heterocycles. The van der Waals surface area contributed by atoms with Crippen molar-refractivity contribution in [3.63, 3.8) is 0 Å². The molecule has 7 nitrogen and oxygen atoms in total. The molecule has 1 fully saturated rings. The molecular weight excluding hydrogens is 328 g/mol. The van der Waals surface area contributed by atoms with Crippen LogP contribution < -0.4 is 4.90 Å². The van der Waals surface area contributed by atoms with Gasteiger partial charge in [0.1, 0.15) is 0 Å². The van der Waals surface area contributed by atoms with Gasteiger partial charge in [-0.3, -0.25) is 4.79 Å². The number of benzene rings is 1. The quantitative estimate of drug-likeness (QED) is 0.819. The first kappa shape index (κ1) is 16.4. The molecule has 126 valence electrons. The van der Waals surface area contributed by atoms with Crippen molar-refractivity contribution in [2.24, 2.45) is 0 Å². The fourth-order valence-corrected chi connectivity index (χ4v) is 3.27. The van der Waals surface area contributed by atoms with Crippen molar-refractivity contribution in [1.82, 2.24) is 14.9 Å². The molecule has 2 heterocycles. The summed E-state index contributed by atoms with van der Waals surface area (Å²) in [6, 6.07) is 7.93. The standard InChI is InChI=1S/C16H18N4O3S/c1-24(22,23)14-5-2-4-13(12-14)15(21)19-8-10-20(11-9-19)16-17-6-3-7-18-16/h2-7,12H,8-11H2,1H3. The number of amides is 1. The number of carbonyl (C=O) groups is 1. The molecule has 24 heavy (non-hydrogen) atoms. The molecule has 1 aliphatic heterocycles. The van der Waals surface area contributed by atoms with Gasteiger partial charge in [0.25, 0.3) is 5.91 Å². The fourth-order valence-electron chi connectivity index (χ4n) is 2.61. The van der Waals surface area contributed by atoms with E-state index in [0.29, 0.717) is 37.7 Å². The molecule has 0 aliphatic carbocycles. The van der Waals surface area contributed by atoms with Crippen LogP contribution >= 0.6 is 0 Å². The third-order valence-corrected chi connectivity index (χ3v) is 5.02. The zero-order chi connectivity index (χ0) is 17.2. The minimum atomic E-state index is -3.33. The number of rotatable bonds is 3. The van der Waals surface area contributed by atoms with Crippen molar-refractivity contribution in [2.75, 3.05) is 37.3 Å². The molecule has 8 heteroatoms. The van der Waals surface area contributed by atoms with Gasteiger partial charge in [-0.2, -0.15) is 0 Å². The summed E-state index contributed by atoms with van der Waals surface area (Å²) in [5.74, 6) is 0.498. The van der Waals surface area contributed by atoms with Crippen LogP contribution in [0.15, 0.2) is 47.6 Å². The zero-order valence-corrected chi connectivity index (χ0v) is 14.1. The highest BCUT2D eigenvalue weighted by Crippen LogP contribution is 2.16. The van der Waals surface area contributed by atoms with Crippen molar-refractivity contribution in [3.05, 3.63) is 48.3 Å². The summed E-state index contributed by atoms with van der Waals surface area (Å²) in [4.78, 5) is 24.9. The first-order valence-corrected chi connectivity index (χ1v) is 9.46. The number of piperazine rings is 1. The molecule has 0 unspecified atom stereocenters. The molecule has 2 aromatic rings. The molecule has 0 saturated carbocycles. The lowest BCUT2D eigenvalue weighted by molar-refractivity contribution is 0.0746. The second-order valence-corrected chi connectivity index (χ2v) is 7.64. The summed E-state index contributed by atoms with van der Waals surface area (Å²) in [7, 11) is -3.33. The fraction of sp³-hybridized carbons (Fsp3) is 0.312. The highest BCUT2D eigenvalue weighted by Gasteiger charge is 2.24. The molecule has 0 spiro atoms. The van der Waals surface area contributed by atoms with Crippen LogP contribution in [-0.2, 0) is 9.84 Å². The largest absolute Gasteiger partial charge is 0.337 e. The van der Waals surface area contributed by atoms with Gasteiger partial charge in [-0.1, -0.05) is 6.07 Å². The summed E-state index contributed by atoms with van der Waals surface area (Å²) < 4.78 is 23.3. The molecular formula is C16H18N4O3S. The Morgan fingerprint density at radius 3 is 2.33 bits per heavy atom. The van der Waals surface area contributed by atoms with E-state index < -0.39 is 9.84 Å².